The van der Waals surface area contributed by atoms with Gasteiger partial charge in [-0.25, -0.2) is 4.39 Å². The van der Waals surface area contributed by atoms with Crippen molar-refractivity contribution in [3.8, 4) is 0 Å². The predicted octanol–water partition coefficient (Wildman–Crippen LogP) is 5.85. The van der Waals surface area contributed by atoms with Crippen LogP contribution in [0.3, 0.4) is 0 Å². The first kappa shape index (κ1) is 17.6. The molecule has 128 valence electrons. The summed E-state index contributed by atoms with van der Waals surface area (Å²) in [4.78, 5) is 0. The van der Waals surface area contributed by atoms with Crippen molar-refractivity contribution in [2.45, 2.75) is 88.6 Å². The monoisotopic (exact) mass is 344 g/mol. The van der Waals surface area contributed by atoms with Crippen LogP contribution in [0.4, 0.5) is 4.39 Å². The minimum absolute atomic E-state index is 0.193. The zero-order chi connectivity index (χ0) is 15.7. The van der Waals surface area contributed by atoms with Gasteiger partial charge in [0.05, 0.1) is 0 Å². The van der Waals surface area contributed by atoms with Crippen LogP contribution in [0, 0.1) is 29.6 Å². The first-order chi connectivity index (χ1) is 10.5. The molecule has 0 heterocycles. The minimum atomic E-state index is -0.619. The van der Waals surface area contributed by atoms with Crippen molar-refractivity contribution in [3.05, 3.63) is 0 Å². The van der Waals surface area contributed by atoms with Gasteiger partial charge in [0.25, 0.3) is 0 Å². The van der Waals surface area contributed by atoms with Gasteiger partial charge in [-0.05, 0) is 81.0 Å². The van der Waals surface area contributed by atoms with Crippen LogP contribution in [0.2, 0.25) is 0 Å². The fraction of sp³-hybridized carbons (Fsp3) is 1.00. The lowest BCUT2D eigenvalue weighted by Gasteiger charge is -2.43. The lowest BCUT2D eigenvalue weighted by Crippen LogP contribution is -2.39. The van der Waals surface area contributed by atoms with Gasteiger partial charge in [0.1, 0.15) is 6.17 Å². The Morgan fingerprint density at radius 1 is 0.636 bits per heavy atom. The Kier molecular flexibility index (Phi) is 6.23. The van der Waals surface area contributed by atoms with Gasteiger partial charge >= 0.3 is 0 Å². The maximum atomic E-state index is 14.0. The number of rotatable bonds is 2. The van der Waals surface area contributed by atoms with Crippen LogP contribution in [-0.4, -0.2) is 17.5 Å². The van der Waals surface area contributed by atoms with Crippen molar-refractivity contribution in [2.75, 3.05) is 0 Å². The molecule has 0 spiro atoms. The van der Waals surface area contributed by atoms with Crippen molar-refractivity contribution in [1.29, 1.82) is 0 Å². The lowest BCUT2D eigenvalue weighted by molar-refractivity contribution is 0.103. The van der Waals surface area contributed by atoms with E-state index in [-0.39, 0.29) is 11.3 Å². The highest BCUT2D eigenvalue weighted by molar-refractivity contribution is 7.19. The molecule has 3 aliphatic rings. The van der Waals surface area contributed by atoms with Crippen LogP contribution in [0.1, 0.15) is 71.1 Å². The molecule has 4 atom stereocenters. The summed E-state index contributed by atoms with van der Waals surface area (Å²) < 4.78 is 14.0. The average Bonchev–Trinajstić information content (AvgIpc) is 2.53. The van der Waals surface area contributed by atoms with Crippen LogP contribution in [0.15, 0.2) is 0 Å². The molecule has 0 aliphatic heterocycles. The van der Waals surface area contributed by atoms with E-state index in [9.17, 15) is 4.39 Å². The predicted molar refractivity (Wildman–Crippen MR) is 101 cm³/mol. The topological polar surface area (TPSA) is 0 Å². The molecule has 0 aromatic heterocycles. The van der Waals surface area contributed by atoms with Gasteiger partial charge in [-0.1, -0.05) is 19.8 Å². The van der Waals surface area contributed by atoms with Crippen LogP contribution in [-0.2, 0) is 0 Å². The summed E-state index contributed by atoms with van der Waals surface area (Å²) in [6, 6.07) is 0. The normalized spacial score (nSPS) is 50.7. The molecule has 3 rings (SSSR count). The van der Waals surface area contributed by atoms with Crippen LogP contribution in [0.5, 0.6) is 0 Å². The maximum Gasteiger partial charge on any atom is 0.113 e. The van der Waals surface area contributed by atoms with Gasteiger partial charge in [-0.2, -0.15) is 0 Å². The van der Waals surface area contributed by atoms with Gasteiger partial charge in [-0.3, -0.25) is 0 Å². The summed E-state index contributed by atoms with van der Waals surface area (Å²) in [6.07, 6.45) is 13.3. The minimum Gasteiger partial charge on any atom is -0.246 e. The van der Waals surface area contributed by atoms with E-state index < -0.39 is 6.17 Å². The largest absolute Gasteiger partial charge is 0.246 e. The maximum absolute atomic E-state index is 14.0. The molecule has 22 heavy (non-hydrogen) atoms. The van der Waals surface area contributed by atoms with E-state index >= 15 is 0 Å². The highest BCUT2D eigenvalue weighted by Gasteiger charge is 2.39. The summed E-state index contributed by atoms with van der Waals surface area (Å²) in [5.41, 5.74) is 0.387. The molecule has 0 radical (unpaired) electrons. The van der Waals surface area contributed by atoms with Gasteiger partial charge < -0.3 is 0 Å². The first-order valence-corrected chi connectivity index (χ1v) is 11.0. The fourth-order valence-corrected chi connectivity index (χ4v) is 7.13. The van der Waals surface area contributed by atoms with Crippen molar-refractivity contribution in [2.24, 2.45) is 29.6 Å². The van der Waals surface area contributed by atoms with E-state index in [4.69, 9.17) is 0 Å². The van der Waals surface area contributed by atoms with E-state index in [1.807, 2.05) is 0 Å². The van der Waals surface area contributed by atoms with Gasteiger partial charge in [0, 0.05) is 11.3 Å². The van der Waals surface area contributed by atoms with E-state index in [1.54, 1.807) is 0 Å². The SMILES string of the molecule is CC1CCC(C2CCC(C3CC(P)C(F)C(P)C3)CC2)CC1. The molecular weight excluding hydrogens is 309 g/mol. The molecule has 0 aromatic carbocycles. The lowest BCUT2D eigenvalue weighted by atomic mass is 9.65. The third-order valence-electron chi connectivity index (χ3n) is 7.18. The molecule has 3 aliphatic carbocycles. The molecular formula is C19H35FP2. The van der Waals surface area contributed by atoms with Crippen molar-refractivity contribution >= 4 is 18.5 Å². The second-order valence-electron chi connectivity index (χ2n) is 8.70. The standard InChI is InChI=1S/C19H35FP2/c1-12-2-4-13(5-3-12)14-6-8-15(9-7-14)16-10-17(21)19(20)18(22)11-16/h12-19H,2-11,21-22H2,1H3. The molecule has 0 aromatic rings. The Balaban J connectivity index is 1.47. The Labute approximate surface area is 141 Å². The van der Waals surface area contributed by atoms with Crippen LogP contribution < -0.4 is 0 Å². The number of hydrogen-bond acceptors (Lipinski definition) is 0. The third kappa shape index (κ3) is 4.06. The van der Waals surface area contributed by atoms with Crippen molar-refractivity contribution in [3.63, 3.8) is 0 Å². The quantitative estimate of drug-likeness (QED) is 0.551. The Morgan fingerprint density at radius 3 is 1.45 bits per heavy atom. The molecule has 0 bridgehead atoms. The second-order valence-corrected chi connectivity index (χ2v) is 10.4. The average molecular weight is 344 g/mol. The molecule has 4 unspecified atom stereocenters. The molecule has 3 fully saturated rings. The Bertz CT molecular complexity index is 333. The van der Waals surface area contributed by atoms with Crippen LogP contribution >= 0.6 is 18.5 Å². The highest BCUT2D eigenvalue weighted by Crippen LogP contribution is 2.47. The van der Waals surface area contributed by atoms with E-state index in [1.165, 1.54) is 51.4 Å². The summed E-state index contributed by atoms with van der Waals surface area (Å²) in [5.74, 6) is 4.69. The molecule has 0 nitrogen and oxygen atoms in total. The molecule has 0 amide bonds. The summed E-state index contributed by atoms with van der Waals surface area (Å²) in [7, 11) is 5.56. The molecule has 0 N–H and O–H groups in total. The highest BCUT2D eigenvalue weighted by atomic mass is 31.0. The summed E-state index contributed by atoms with van der Waals surface area (Å²) >= 11 is 0. The molecule has 0 saturated heterocycles. The Hall–Kier alpha value is 0.790. The van der Waals surface area contributed by atoms with Gasteiger partial charge in [-0.15, -0.1) is 18.5 Å². The fourth-order valence-electron chi connectivity index (χ4n) is 5.60. The van der Waals surface area contributed by atoms with E-state index in [2.05, 4.69) is 25.4 Å². The smallest absolute Gasteiger partial charge is 0.113 e. The van der Waals surface area contributed by atoms with Gasteiger partial charge in [0.15, 0.2) is 0 Å². The summed E-state index contributed by atoms with van der Waals surface area (Å²) in [6.45, 7) is 2.42. The first-order valence-electron chi connectivity index (χ1n) is 9.69. The van der Waals surface area contributed by atoms with Gasteiger partial charge in [0.2, 0.25) is 0 Å². The van der Waals surface area contributed by atoms with Crippen LogP contribution in [0.25, 0.3) is 0 Å². The van der Waals surface area contributed by atoms with E-state index in [0.29, 0.717) is 0 Å². The van der Waals surface area contributed by atoms with E-state index in [0.717, 1.165) is 42.4 Å². The zero-order valence-corrected chi connectivity index (χ0v) is 16.5. The molecule has 3 saturated carbocycles. The summed E-state index contributed by atoms with van der Waals surface area (Å²) in [5, 5.41) is 0. The Morgan fingerprint density at radius 2 is 1.00 bits per heavy atom. The van der Waals surface area contributed by atoms with Crippen molar-refractivity contribution in [1.82, 2.24) is 0 Å². The zero-order valence-electron chi connectivity index (χ0n) is 14.2. The molecule has 3 heteroatoms. The van der Waals surface area contributed by atoms with Crippen molar-refractivity contribution < 1.29 is 4.39 Å². The number of hydrogen-bond donors (Lipinski definition) is 0. The second kappa shape index (κ2) is 7.78. The number of alkyl halides is 1. The third-order valence-corrected chi connectivity index (χ3v) is 8.46. The number of halogens is 1.